The van der Waals surface area contributed by atoms with Crippen LogP contribution in [0.4, 0.5) is 0 Å². The molecule has 2 rings (SSSR count). The summed E-state index contributed by atoms with van der Waals surface area (Å²) in [7, 11) is -0.555. The lowest BCUT2D eigenvalue weighted by Crippen LogP contribution is -2.57. The van der Waals surface area contributed by atoms with Gasteiger partial charge in [-0.25, -0.2) is 8.42 Å². The van der Waals surface area contributed by atoms with E-state index in [0.717, 1.165) is 6.54 Å². The second kappa shape index (κ2) is 3.79. The van der Waals surface area contributed by atoms with E-state index in [4.69, 9.17) is 0 Å². The van der Waals surface area contributed by atoms with Crippen LogP contribution in [0.15, 0.2) is 0 Å². The van der Waals surface area contributed by atoms with Crippen LogP contribution in [0, 0.1) is 0 Å². The average Bonchev–Trinajstić information content (AvgIpc) is 2.00. The molecule has 0 spiro atoms. The second-order valence-corrected chi connectivity index (χ2v) is 6.70. The minimum Gasteiger partial charge on any atom is -0.308 e. The highest BCUT2D eigenvalue weighted by Gasteiger charge is 2.34. The zero-order valence-electron chi connectivity index (χ0n) is 8.57. The summed E-state index contributed by atoms with van der Waals surface area (Å²) in [6, 6.07) is 0.714. The van der Waals surface area contributed by atoms with Crippen molar-refractivity contribution in [2.75, 3.05) is 31.6 Å². The van der Waals surface area contributed by atoms with E-state index in [-0.39, 0.29) is 6.04 Å². The predicted molar refractivity (Wildman–Crippen MR) is 56.1 cm³/mol. The van der Waals surface area contributed by atoms with Gasteiger partial charge in [0, 0.05) is 18.6 Å². The molecule has 2 heterocycles. The van der Waals surface area contributed by atoms with Crippen molar-refractivity contribution in [3.05, 3.63) is 0 Å². The maximum atomic E-state index is 11.0. The normalized spacial score (nSPS) is 33.9. The first kappa shape index (κ1) is 10.4. The molecule has 0 radical (unpaired) electrons. The van der Waals surface area contributed by atoms with Gasteiger partial charge in [0.25, 0.3) is 0 Å². The number of hydrogen-bond donors (Lipinski definition) is 1. The maximum Gasteiger partial charge on any atom is 0.153 e. The van der Waals surface area contributed by atoms with E-state index in [1.165, 1.54) is 19.4 Å². The molecule has 14 heavy (non-hydrogen) atoms. The van der Waals surface area contributed by atoms with Crippen molar-refractivity contribution in [2.24, 2.45) is 0 Å². The Bertz CT molecular complexity index is 290. The largest absolute Gasteiger partial charge is 0.308 e. The zero-order chi connectivity index (χ0) is 10.2. The molecule has 4 nitrogen and oxygen atoms in total. The lowest BCUT2D eigenvalue weighted by molar-refractivity contribution is 0.219. The van der Waals surface area contributed by atoms with E-state index >= 15 is 0 Å². The first-order valence-corrected chi connectivity index (χ1v) is 7.02. The summed E-state index contributed by atoms with van der Waals surface area (Å²) >= 11 is 0. The Labute approximate surface area is 85.6 Å². The summed E-state index contributed by atoms with van der Waals surface area (Å²) in [6.07, 6.45) is 2.40. The molecule has 0 aromatic heterocycles. The number of piperidine rings is 1. The molecule has 82 valence electrons. The molecule has 1 N–H and O–H groups in total. The molecule has 0 saturated carbocycles. The molecule has 1 atom stereocenters. The molecule has 0 amide bonds. The van der Waals surface area contributed by atoms with Gasteiger partial charge >= 0.3 is 0 Å². The highest BCUT2D eigenvalue weighted by Crippen LogP contribution is 2.14. The third-order valence-electron chi connectivity index (χ3n) is 3.01. The van der Waals surface area contributed by atoms with Gasteiger partial charge in [0.1, 0.15) is 0 Å². The predicted octanol–water partition coefficient (Wildman–Crippen LogP) is -0.533. The minimum absolute atomic E-state index is 0.219. The SMILES string of the molecule is CN1CCCC(NC2CS(=O)(=O)C2)C1. The van der Waals surface area contributed by atoms with Crippen LogP contribution in [0.2, 0.25) is 0 Å². The van der Waals surface area contributed by atoms with Gasteiger partial charge in [0.2, 0.25) is 0 Å². The number of rotatable bonds is 2. The Hall–Kier alpha value is -0.130. The molecule has 2 fully saturated rings. The van der Waals surface area contributed by atoms with Crippen molar-refractivity contribution in [1.82, 2.24) is 10.2 Å². The van der Waals surface area contributed by atoms with Gasteiger partial charge in [-0.3, -0.25) is 0 Å². The molecule has 2 saturated heterocycles. The Morgan fingerprint density at radius 3 is 2.57 bits per heavy atom. The van der Waals surface area contributed by atoms with Crippen LogP contribution in [-0.4, -0.2) is 57.0 Å². The van der Waals surface area contributed by atoms with Gasteiger partial charge in [-0.15, -0.1) is 0 Å². The molecule has 2 aliphatic rings. The van der Waals surface area contributed by atoms with Crippen molar-refractivity contribution in [3.63, 3.8) is 0 Å². The van der Waals surface area contributed by atoms with Crippen molar-refractivity contribution in [3.8, 4) is 0 Å². The van der Waals surface area contributed by atoms with Crippen molar-refractivity contribution in [2.45, 2.75) is 24.9 Å². The molecule has 2 aliphatic heterocycles. The van der Waals surface area contributed by atoms with Crippen LogP contribution < -0.4 is 5.32 Å². The average molecular weight is 218 g/mol. The van der Waals surface area contributed by atoms with Crippen LogP contribution in [0.25, 0.3) is 0 Å². The van der Waals surface area contributed by atoms with Crippen LogP contribution >= 0.6 is 0 Å². The molecule has 0 aromatic rings. The van der Waals surface area contributed by atoms with Crippen LogP contribution in [0.5, 0.6) is 0 Å². The van der Waals surface area contributed by atoms with Gasteiger partial charge in [0.05, 0.1) is 11.5 Å². The zero-order valence-corrected chi connectivity index (χ0v) is 9.39. The first-order valence-electron chi connectivity index (χ1n) is 5.20. The van der Waals surface area contributed by atoms with Gasteiger partial charge in [-0.2, -0.15) is 0 Å². The van der Waals surface area contributed by atoms with E-state index in [2.05, 4.69) is 17.3 Å². The fourth-order valence-corrected chi connectivity index (χ4v) is 3.62. The Morgan fingerprint density at radius 1 is 1.29 bits per heavy atom. The van der Waals surface area contributed by atoms with Gasteiger partial charge in [-0.1, -0.05) is 0 Å². The molecule has 0 bridgehead atoms. The number of sulfone groups is 1. The summed E-state index contributed by atoms with van der Waals surface area (Å²) in [6.45, 7) is 2.22. The van der Waals surface area contributed by atoms with Crippen molar-refractivity contribution < 1.29 is 8.42 Å². The third kappa shape index (κ3) is 2.46. The standard InChI is InChI=1S/C9H18N2O2S/c1-11-4-2-3-8(5-11)10-9-6-14(12,13)7-9/h8-10H,2-7H2,1H3. The smallest absolute Gasteiger partial charge is 0.153 e. The van der Waals surface area contributed by atoms with E-state index in [1.807, 2.05) is 0 Å². The van der Waals surface area contributed by atoms with Crippen LogP contribution in [0.3, 0.4) is 0 Å². The topological polar surface area (TPSA) is 49.4 Å². The number of hydrogen-bond acceptors (Lipinski definition) is 4. The second-order valence-electron chi connectivity index (χ2n) is 4.54. The summed E-state index contributed by atoms with van der Waals surface area (Å²) in [4.78, 5) is 2.30. The first-order chi connectivity index (χ1) is 6.55. The quantitative estimate of drug-likeness (QED) is 0.677. The van der Waals surface area contributed by atoms with E-state index in [1.54, 1.807) is 0 Å². The van der Waals surface area contributed by atoms with Crippen molar-refractivity contribution in [1.29, 1.82) is 0 Å². The third-order valence-corrected chi connectivity index (χ3v) is 4.83. The van der Waals surface area contributed by atoms with E-state index in [0.29, 0.717) is 17.5 Å². The Morgan fingerprint density at radius 2 is 2.00 bits per heavy atom. The van der Waals surface area contributed by atoms with Gasteiger partial charge in [-0.05, 0) is 26.4 Å². The lowest BCUT2D eigenvalue weighted by atomic mass is 10.1. The maximum absolute atomic E-state index is 11.0. The number of likely N-dealkylation sites (N-methyl/N-ethyl adjacent to an activating group) is 1. The lowest BCUT2D eigenvalue weighted by Gasteiger charge is -2.36. The molecular formula is C9H18N2O2S. The summed E-state index contributed by atoms with van der Waals surface area (Å²) in [5.41, 5.74) is 0. The summed E-state index contributed by atoms with van der Waals surface area (Å²) in [5.74, 6) is 0.681. The minimum atomic E-state index is -2.67. The highest BCUT2D eigenvalue weighted by atomic mass is 32.2. The monoisotopic (exact) mass is 218 g/mol. The number of nitrogens with one attached hydrogen (secondary N) is 1. The molecule has 5 heteroatoms. The molecule has 1 unspecified atom stereocenters. The van der Waals surface area contributed by atoms with Crippen molar-refractivity contribution >= 4 is 9.84 Å². The fourth-order valence-electron chi connectivity index (χ4n) is 2.30. The number of nitrogens with zero attached hydrogens (tertiary/aromatic N) is 1. The van der Waals surface area contributed by atoms with Crippen LogP contribution in [0.1, 0.15) is 12.8 Å². The Kier molecular flexibility index (Phi) is 2.81. The van der Waals surface area contributed by atoms with E-state index < -0.39 is 9.84 Å². The molecular weight excluding hydrogens is 200 g/mol. The Balaban J connectivity index is 1.76. The highest BCUT2D eigenvalue weighted by molar-refractivity contribution is 7.92. The fraction of sp³-hybridized carbons (Fsp3) is 1.00. The van der Waals surface area contributed by atoms with Gasteiger partial charge < -0.3 is 10.2 Å². The molecule has 0 aromatic carbocycles. The van der Waals surface area contributed by atoms with Crippen LogP contribution in [-0.2, 0) is 9.84 Å². The van der Waals surface area contributed by atoms with E-state index in [9.17, 15) is 8.42 Å². The number of likely N-dealkylation sites (tertiary alicyclic amines) is 1. The summed E-state index contributed by atoms with van der Waals surface area (Å²) < 4.78 is 21.9. The summed E-state index contributed by atoms with van der Waals surface area (Å²) in [5, 5.41) is 3.42. The molecule has 0 aliphatic carbocycles. The van der Waals surface area contributed by atoms with Gasteiger partial charge in [0.15, 0.2) is 9.84 Å².